The molecule has 1 rings (SSSR count). The molecule has 15 heavy (non-hydrogen) atoms. The average molecular weight is 226 g/mol. The van der Waals surface area contributed by atoms with Gasteiger partial charge in [0.2, 0.25) is 0 Å². The minimum absolute atomic E-state index is 0.595. The Morgan fingerprint density at radius 1 is 1.33 bits per heavy atom. The summed E-state index contributed by atoms with van der Waals surface area (Å²) in [6.45, 7) is 8.38. The standard InChI is InChI=1S/C13H20ClN/c1-10(2)12-5-4-11(3)13(8-12)9-15-7-6-14/h4-5,8,10,15H,6-7,9H2,1-3H3. The molecule has 0 bridgehead atoms. The molecule has 0 atom stereocenters. The van der Waals surface area contributed by atoms with Crippen LogP contribution in [0, 0.1) is 6.92 Å². The van der Waals surface area contributed by atoms with Crippen molar-refractivity contribution in [3.05, 3.63) is 34.9 Å². The Kier molecular flexibility index (Phi) is 5.13. The third-order valence-corrected chi connectivity index (χ3v) is 2.82. The maximum absolute atomic E-state index is 5.63. The molecule has 2 heteroatoms. The molecule has 0 radical (unpaired) electrons. The lowest BCUT2D eigenvalue weighted by Crippen LogP contribution is -2.16. The molecule has 0 saturated carbocycles. The molecule has 0 aromatic heterocycles. The molecule has 0 spiro atoms. The van der Waals surface area contributed by atoms with E-state index in [0.29, 0.717) is 11.8 Å². The summed E-state index contributed by atoms with van der Waals surface area (Å²) in [6.07, 6.45) is 0. The predicted octanol–water partition coefficient (Wildman–Crippen LogP) is 3.45. The first-order valence-corrected chi connectivity index (χ1v) is 6.04. The minimum atomic E-state index is 0.595. The highest BCUT2D eigenvalue weighted by Crippen LogP contribution is 2.18. The number of hydrogen-bond acceptors (Lipinski definition) is 1. The minimum Gasteiger partial charge on any atom is -0.311 e. The largest absolute Gasteiger partial charge is 0.311 e. The van der Waals surface area contributed by atoms with Crippen molar-refractivity contribution in [3.8, 4) is 0 Å². The molecule has 0 amide bonds. The van der Waals surface area contributed by atoms with Gasteiger partial charge in [-0.25, -0.2) is 0 Å². The van der Waals surface area contributed by atoms with Crippen LogP contribution in [0.5, 0.6) is 0 Å². The van der Waals surface area contributed by atoms with Crippen LogP contribution in [0.4, 0.5) is 0 Å². The van der Waals surface area contributed by atoms with Crippen LogP contribution in [0.15, 0.2) is 18.2 Å². The van der Waals surface area contributed by atoms with Crippen LogP contribution >= 0.6 is 11.6 Å². The molecule has 0 aliphatic heterocycles. The van der Waals surface area contributed by atoms with Crippen molar-refractivity contribution in [2.24, 2.45) is 0 Å². The summed E-state index contributed by atoms with van der Waals surface area (Å²) in [5.41, 5.74) is 4.14. The third kappa shape index (κ3) is 3.84. The third-order valence-electron chi connectivity index (χ3n) is 2.63. The van der Waals surface area contributed by atoms with Crippen LogP contribution in [-0.2, 0) is 6.54 Å². The molecule has 0 aliphatic carbocycles. The van der Waals surface area contributed by atoms with E-state index in [-0.39, 0.29) is 0 Å². The van der Waals surface area contributed by atoms with Crippen LogP contribution in [0.1, 0.15) is 36.5 Å². The van der Waals surface area contributed by atoms with Gasteiger partial charge in [-0.2, -0.15) is 0 Å². The van der Waals surface area contributed by atoms with E-state index in [1.807, 2.05) is 0 Å². The second kappa shape index (κ2) is 6.14. The van der Waals surface area contributed by atoms with Gasteiger partial charge in [-0.3, -0.25) is 0 Å². The number of benzene rings is 1. The molecule has 1 aromatic carbocycles. The maximum Gasteiger partial charge on any atom is 0.0348 e. The van der Waals surface area contributed by atoms with Gasteiger partial charge in [-0.15, -0.1) is 11.6 Å². The van der Waals surface area contributed by atoms with E-state index < -0.39 is 0 Å². The normalized spacial score (nSPS) is 11.0. The predicted molar refractivity (Wildman–Crippen MR) is 67.7 cm³/mol. The highest BCUT2D eigenvalue weighted by Gasteiger charge is 2.03. The van der Waals surface area contributed by atoms with Crippen molar-refractivity contribution in [1.82, 2.24) is 5.32 Å². The first-order chi connectivity index (χ1) is 7.15. The summed E-state index contributed by atoms with van der Waals surface area (Å²) in [5, 5.41) is 3.33. The van der Waals surface area contributed by atoms with E-state index in [2.05, 4.69) is 44.3 Å². The van der Waals surface area contributed by atoms with Gasteiger partial charge in [0, 0.05) is 19.0 Å². The average Bonchev–Trinajstić information content (AvgIpc) is 2.20. The zero-order chi connectivity index (χ0) is 11.3. The first-order valence-electron chi connectivity index (χ1n) is 5.51. The van der Waals surface area contributed by atoms with Gasteiger partial charge in [-0.1, -0.05) is 32.0 Å². The van der Waals surface area contributed by atoms with Gasteiger partial charge in [0.05, 0.1) is 0 Å². The summed E-state index contributed by atoms with van der Waals surface area (Å²) in [5.74, 6) is 1.26. The fraction of sp³-hybridized carbons (Fsp3) is 0.538. The Morgan fingerprint density at radius 2 is 2.07 bits per heavy atom. The zero-order valence-electron chi connectivity index (χ0n) is 9.81. The van der Waals surface area contributed by atoms with Gasteiger partial charge in [0.15, 0.2) is 0 Å². The number of alkyl halides is 1. The van der Waals surface area contributed by atoms with Crippen LogP contribution < -0.4 is 5.32 Å². The Bertz CT molecular complexity index is 307. The van der Waals surface area contributed by atoms with Crippen molar-refractivity contribution in [3.63, 3.8) is 0 Å². The molecule has 0 heterocycles. The quantitative estimate of drug-likeness (QED) is 0.598. The molecular weight excluding hydrogens is 206 g/mol. The van der Waals surface area contributed by atoms with Crippen molar-refractivity contribution in [2.75, 3.05) is 12.4 Å². The topological polar surface area (TPSA) is 12.0 Å². The number of rotatable bonds is 5. The number of hydrogen-bond donors (Lipinski definition) is 1. The van der Waals surface area contributed by atoms with Crippen LogP contribution in [0.25, 0.3) is 0 Å². The van der Waals surface area contributed by atoms with E-state index in [1.165, 1.54) is 16.7 Å². The molecule has 1 aromatic rings. The summed E-state index contributed by atoms with van der Waals surface area (Å²) >= 11 is 5.63. The van der Waals surface area contributed by atoms with Gasteiger partial charge in [0.25, 0.3) is 0 Å². The second-order valence-corrected chi connectivity index (χ2v) is 4.58. The van der Waals surface area contributed by atoms with Crippen molar-refractivity contribution in [2.45, 2.75) is 33.2 Å². The molecule has 84 valence electrons. The highest BCUT2D eigenvalue weighted by molar-refractivity contribution is 6.18. The van der Waals surface area contributed by atoms with Gasteiger partial charge in [0.1, 0.15) is 0 Å². The fourth-order valence-corrected chi connectivity index (χ4v) is 1.66. The Labute approximate surface area is 97.8 Å². The van der Waals surface area contributed by atoms with E-state index in [9.17, 15) is 0 Å². The van der Waals surface area contributed by atoms with E-state index in [4.69, 9.17) is 11.6 Å². The lowest BCUT2D eigenvalue weighted by atomic mass is 9.98. The Balaban J connectivity index is 2.72. The molecule has 0 saturated heterocycles. The van der Waals surface area contributed by atoms with E-state index >= 15 is 0 Å². The molecule has 1 N–H and O–H groups in total. The number of nitrogens with one attached hydrogen (secondary N) is 1. The summed E-state index contributed by atoms with van der Waals surface area (Å²) in [4.78, 5) is 0. The first kappa shape index (κ1) is 12.5. The number of aryl methyl sites for hydroxylation is 1. The fourth-order valence-electron chi connectivity index (χ4n) is 1.53. The van der Waals surface area contributed by atoms with Crippen molar-refractivity contribution in [1.29, 1.82) is 0 Å². The van der Waals surface area contributed by atoms with Gasteiger partial charge in [-0.05, 0) is 29.5 Å². The Hall–Kier alpha value is -0.530. The van der Waals surface area contributed by atoms with Gasteiger partial charge >= 0.3 is 0 Å². The smallest absolute Gasteiger partial charge is 0.0348 e. The lowest BCUT2D eigenvalue weighted by molar-refractivity contribution is 0.724. The van der Waals surface area contributed by atoms with Crippen LogP contribution in [0.2, 0.25) is 0 Å². The monoisotopic (exact) mass is 225 g/mol. The SMILES string of the molecule is Cc1ccc(C(C)C)cc1CNCCCl. The Morgan fingerprint density at radius 3 is 2.67 bits per heavy atom. The molecular formula is C13H20ClN. The maximum atomic E-state index is 5.63. The van der Waals surface area contributed by atoms with Crippen LogP contribution in [0.3, 0.4) is 0 Å². The second-order valence-electron chi connectivity index (χ2n) is 4.21. The molecule has 0 unspecified atom stereocenters. The lowest BCUT2D eigenvalue weighted by Gasteiger charge is -2.11. The highest BCUT2D eigenvalue weighted by atomic mass is 35.5. The molecule has 0 fully saturated rings. The van der Waals surface area contributed by atoms with Crippen molar-refractivity contribution < 1.29 is 0 Å². The van der Waals surface area contributed by atoms with Crippen molar-refractivity contribution >= 4 is 11.6 Å². The van der Waals surface area contributed by atoms with E-state index in [0.717, 1.165) is 13.1 Å². The summed E-state index contributed by atoms with van der Waals surface area (Å²) in [6, 6.07) is 6.71. The molecule has 1 nitrogen and oxygen atoms in total. The van der Waals surface area contributed by atoms with Crippen LogP contribution in [-0.4, -0.2) is 12.4 Å². The number of halogens is 1. The zero-order valence-corrected chi connectivity index (χ0v) is 10.6. The molecule has 0 aliphatic rings. The van der Waals surface area contributed by atoms with E-state index in [1.54, 1.807) is 0 Å². The summed E-state index contributed by atoms with van der Waals surface area (Å²) < 4.78 is 0. The van der Waals surface area contributed by atoms with Gasteiger partial charge < -0.3 is 5.32 Å². The summed E-state index contributed by atoms with van der Waals surface area (Å²) in [7, 11) is 0.